The topological polar surface area (TPSA) is 20.3 Å². The van der Waals surface area contributed by atoms with Crippen LogP contribution in [0.2, 0.25) is 0 Å². The van der Waals surface area contributed by atoms with Crippen LogP contribution in [-0.2, 0) is 10.7 Å². The molecule has 0 aromatic heterocycles. The van der Waals surface area contributed by atoms with Gasteiger partial charge in [-0.15, -0.1) is 0 Å². The highest BCUT2D eigenvalue weighted by molar-refractivity contribution is 6.06. The molecule has 1 fully saturated rings. The first-order valence-corrected chi connectivity index (χ1v) is 7.83. The van der Waals surface area contributed by atoms with Gasteiger partial charge in [-0.3, -0.25) is 4.79 Å². The summed E-state index contributed by atoms with van der Waals surface area (Å²) in [6, 6.07) is 6.20. The summed E-state index contributed by atoms with van der Waals surface area (Å²) in [5.41, 5.74) is 0.260. The van der Waals surface area contributed by atoms with Crippen LogP contribution in [0.25, 0.3) is 0 Å². The molecule has 2 aliphatic rings. The molecule has 1 aromatic rings. The largest absolute Gasteiger partial charge is 0.352 e. The van der Waals surface area contributed by atoms with E-state index in [1.165, 1.54) is 11.0 Å². The fraction of sp³-hybridized carbons (Fsp3) is 0.588. The highest BCUT2D eigenvalue weighted by Gasteiger charge is 2.54. The van der Waals surface area contributed by atoms with Crippen LogP contribution in [0.4, 0.5) is 14.5 Å². The van der Waals surface area contributed by atoms with Gasteiger partial charge in [0.15, 0.2) is 0 Å². The molecule has 0 atom stereocenters. The zero-order chi connectivity index (χ0) is 15.6. The molecule has 3 rings (SSSR count). The number of hydrogen-bond acceptors (Lipinski definition) is 1. The van der Waals surface area contributed by atoms with Gasteiger partial charge in [0, 0.05) is 6.04 Å². The van der Waals surface area contributed by atoms with Crippen LogP contribution in [0.5, 0.6) is 0 Å². The molecule has 1 saturated carbocycles. The van der Waals surface area contributed by atoms with Crippen LogP contribution in [0.3, 0.4) is 0 Å². The Balaban J connectivity index is 0.000000774. The van der Waals surface area contributed by atoms with Crippen molar-refractivity contribution in [3.63, 3.8) is 0 Å². The second-order valence-corrected chi connectivity index (χ2v) is 5.68. The molecule has 1 heterocycles. The minimum absolute atomic E-state index is 0.0711. The lowest BCUT2D eigenvalue weighted by Gasteiger charge is -2.33. The van der Waals surface area contributed by atoms with Crippen LogP contribution in [0.15, 0.2) is 24.3 Å². The van der Waals surface area contributed by atoms with Gasteiger partial charge in [0.05, 0.1) is 11.3 Å². The number of carbonyl (C=O) groups is 1. The van der Waals surface area contributed by atoms with Gasteiger partial charge in [-0.1, -0.05) is 39.0 Å². The van der Waals surface area contributed by atoms with Crippen molar-refractivity contribution in [3.05, 3.63) is 29.8 Å². The van der Waals surface area contributed by atoms with E-state index < -0.39 is 11.8 Å². The van der Waals surface area contributed by atoms with Gasteiger partial charge in [-0.25, -0.2) is 0 Å². The summed E-state index contributed by atoms with van der Waals surface area (Å²) in [6.45, 7) is 6.17. The third kappa shape index (κ3) is 2.68. The molecular formula is C17H23F2NO. The molecule has 0 bridgehead atoms. The summed E-state index contributed by atoms with van der Waals surface area (Å²) in [4.78, 5) is 13.4. The maximum atomic E-state index is 14.0. The number of benzene rings is 1. The number of nitrogens with zero attached hydrogens (tertiary/aromatic N) is 1. The smallest absolute Gasteiger partial charge is 0.303 e. The monoisotopic (exact) mass is 295 g/mol. The fourth-order valence-electron chi connectivity index (χ4n) is 3.19. The first kappa shape index (κ1) is 15.9. The lowest BCUT2D eigenvalue weighted by Crippen LogP contribution is -2.43. The van der Waals surface area contributed by atoms with E-state index in [-0.39, 0.29) is 11.6 Å². The van der Waals surface area contributed by atoms with Gasteiger partial charge in [0.2, 0.25) is 0 Å². The Hall–Kier alpha value is -1.45. The molecule has 1 aliphatic heterocycles. The average Bonchev–Trinajstić information content (AvgIpc) is 2.71. The van der Waals surface area contributed by atoms with Crippen LogP contribution in [0.1, 0.15) is 52.0 Å². The van der Waals surface area contributed by atoms with E-state index in [2.05, 4.69) is 6.92 Å². The Labute approximate surface area is 125 Å². The van der Waals surface area contributed by atoms with Crippen molar-refractivity contribution < 1.29 is 13.6 Å². The van der Waals surface area contributed by atoms with Crippen LogP contribution in [0, 0.1) is 5.92 Å². The number of halogens is 2. The molecule has 0 unspecified atom stereocenters. The fourth-order valence-corrected chi connectivity index (χ4v) is 3.19. The second-order valence-electron chi connectivity index (χ2n) is 5.68. The first-order valence-electron chi connectivity index (χ1n) is 7.83. The third-order valence-corrected chi connectivity index (χ3v) is 4.34. The maximum absolute atomic E-state index is 14.0. The Morgan fingerprint density at radius 2 is 1.67 bits per heavy atom. The lowest BCUT2D eigenvalue weighted by atomic mass is 9.86. The van der Waals surface area contributed by atoms with E-state index in [4.69, 9.17) is 0 Å². The SMILES string of the molecule is CC.CC1CCC(N2C(=O)C(F)(F)c3ccccc32)CC1. The summed E-state index contributed by atoms with van der Waals surface area (Å²) in [6.07, 6.45) is 3.64. The third-order valence-electron chi connectivity index (χ3n) is 4.34. The molecule has 21 heavy (non-hydrogen) atoms. The molecule has 1 aromatic carbocycles. The van der Waals surface area contributed by atoms with Gasteiger partial charge in [0.25, 0.3) is 0 Å². The van der Waals surface area contributed by atoms with Gasteiger partial charge in [-0.05, 0) is 37.7 Å². The van der Waals surface area contributed by atoms with E-state index >= 15 is 0 Å². The summed E-state index contributed by atoms with van der Waals surface area (Å²) >= 11 is 0. The van der Waals surface area contributed by atoms with Crippen LogP contribution >= 0.6 is 0 Å². The minimum Gasteiger partial charge on any atom is -0.303 e. The number of fused-ring (bicyclic) bond motifs is 1. The predicted octanol–water partition coefficient (Wildman–Crippen LogP) is 4.73. The van der Waals surface area contributed by atoms with Gasteiger partial charge >= 0.3 is 11.8 Å². The second kappa shape index (κ2) is 6.12. The molecule has 0 radical (unpaired) electrons. The first-order chi connectivity index (χ1) is 10.0. The number of carbonyl (C=O) groups excluding carboxylic acids is 1. The molecule has 1 aliphatic carbocycles. The van der Waals surface area contributed by atoms with Gasteiger partial charge < -0.3 is 4.90 Å². The number of amides is 1. The number of alkyl halides is 2. The average molecular weight is 295 g/mol. The van der Waals surface area contributed by atoms with Crippen molar-refractivity contribution in [3.8, 4) is 0 Å². The quantitative estimate of drug-likeness (QED) is 0.733. The molecule has 0 saturated heterocycles. The molecule has 4 heteroatoms. The van der Waals surface area contributed by atoms with Crippen molar-refractivity contribution in [2.75, 3.05) is 4.90 Å². The van der Waals surface area contributed by atoms with Crippen molar-refractivity contribution in [1.29, 1.82) is 0 Å². The number of anilines is 1. The van der Waals surface area contributed by atoms with Gasteiger partial charge in [-0.2, -0.15) is 8.78 Å². The summed E-state index contributed by atoms with van der Waals surface area (Å²) in [5, 5.41) is 0. The highest BCUT2D eigenvalue weighted by Crippen LogP contribution is 2.46. The van der Waals surface area contributed by atoms with E-state index in [0.29, 0.717) is 11.6 Å². The molecular weight excluding hydrogens is 272 g/mol. The van der Waals surface area contributed by atoms with Crippen LogP contribution in [-0.4, -0.2) is 11.9 Å². The number of rotatable bonds is 1. The minimum atomic E-state index is -3.36. The van der Waals surface area contributed by atoms with E-state index in [1.807, 2.05) is 13.8 Å². The molecule has 116 valence electrons. The summed E-state index contributed by atoms with van der Waals surface area (Å²) in [7, 11) is 0. The number of hydrogen-bond donors (Lipinski definition) is 0. The molecule has 0 spiro atoms. The van der Waals surface area contributed by atoms with Crippen molar-refractivity contribution >= 4 is 11.6 Å². The maximum Gasteiger partial charge on any atom is 0.352 e. The standard InChI is InChI=1S/C15H17F2NO.C2H6/c1-10-6-8-11(9-7-10)18-13-5-3-2-4-12(13)15(16,17)14(18)19;1-2/h2-5,10-11H,6-9H2,1H3;1-2H3. The molecule has 1 amide bonds. The zero-order valence-corrected chi connectivity index (χ0v) is 12.9. The van der Waals surface area contributed by atoms with Crippen molar-refractivity contribution in [1.82, 2.24) is 0 Å². The molecule has 2 nitrogen and oxygen atoms in total. The predicted molar refractivity (Wildman–Crippen MR) is 80.6 cm³/mol. The lowest BCUT2D eigenvalue weighted by molar-refractivity contribution is -0.142. The van der Waals surface area contributed by atoms with Crippen molar-refractivity contribution in [2.45, 2.75) is 58.4 Å². The van der Waals surface area contributed by atoms with E-state index in [0.717, 1.165) is 25.7 Å². The summed E-state index contributed by atoms with van der Waals surface area (Å²) in [5.74, 6) is -3.78. The highest BCUT2D eigenvalue weighted by atomic mass is 19.3. The van der Waals surface area contributed by atoms with E-state index in [1.54, 1.807) is 18.2 Å². The number of para-hydroxylation sites is 1. The van der Waals surface area contributed by atoms with Gasteiger partial charge in [0.1, 0.15) is 0 Å². The summed E-state index contributed by atoms with van der Waals surface area (Å²) < 4.78 is 28.0. The van der Waals surface area contributed by atoms with Crippen LogP contribution < -0.4 is 4.90 Å². The van der Waals surface area contributed by atoms with E-state index in [9.17, 15) is 13.6 Å². The normalized spacial score (nSPS) is 26.9. The Kier molecular flexibility index (Phi) is 4.64. The Bertz CT molecular complexity index is 507. The van der Waals surface area contributed by atoms with Crippen molar-refractivity contribution in [2.24, 2.45) is 5.92 Å². The Morgan fingerprint density at radius 1 is 1.10 bits per heavy atom. The zero-order valence-electron chi connectivity index (χ0n) is 12.9. The molecule has 0 N–H and O–H groups in total. The Morgan fingerprint density at radius 3 is 2.29 bits per heavy atom.